The molecule has 0 amide bonds. The van der Waals surface area contributed by atoms with E-state index in [9.17, 15) is 5.11 Å². The molecule has 7 heteroatoms. The van der Waals surface area contributed by atoms with Gasteiger partial charge in [-0.2, -0.15) is 5.10 Å². The third-order valence-electron chi connectivity index (χ3n) is 3.37. The lowest BCUT2D eigenvalue weighted by Gasteiger charge is -2.05. The largest absolute Gasteiger partial charge is 0.497 e. The van der Waals surface area contributed by atoms with Crippen molar-refractivity contribution in [1.29, 1.82) is 0 Å². The van der Waals surface area contributed by atoms with Crippen LogP contribution in [0.1, 0.15) is 11.3 Å². The highest BCUT2D eigenvalue weighted by Gasteiger charge is 2.13. The van der Waals surface area contributed by atoms with Crippen LogP contribution in [-0.4, -0.2) is 38.2 Å². The number of nitrogens with zero attached hydrogens (tertiary/aromatic N) is 4. The molecule has 1 N–H and O–H groups in total. The zero-order valence-corrected chi connectivity index (χ0v) is 13.2. The van der Waals surface area contributed by atoms with Crippen molar-refractivity contribution in [3.63, 3.8) is 0 Å². The van der Waals surface area contributed by atoms with Gasteiger partial charge in [0, 0.05) is 6.20 Å². The lowest BCUT2D eigenvalue weighted by molar-refractivity contribution is 0.276. The van der Waals surface area contributed by atoms with Gasteiger partial charge in [-0.3, -0.25) is 0 Å². The van der Waals surface area contributed by atoms with E-state index in [1.54, 1.807) is 18.0 Å². The Morgan fingerprint density at radius 1 is 1.27 bits per heavy atom. The Hall–Kier alpha value is -2.12. The second kappa shape index (κ2) is 6.33. The molecule has 0 aliphatic rings. The predicted molar refractivity (Wildman–Crippen MR) is 85.1 cm³/mol. The standard InChI is InChI=1S/C15H16N4O2S/c1-21-11-5-3-10(4-6-11)8-19-14-12(13(9-20)18-19)7-16-15(17-14)22-2/h3-7,20H,8-9H2,1-2H3. The molecule has 3 rings (SSSR count). The van der Waals surface area contributed by atoms with Gasteiger partial charge in [0.25, 0.3) is 0 Å². The number of thioether (sulfide) groups is 1. The number of aliphatic hydroxyl groups excluding tert-OH is 1. The average molecular weight is 316 g/mol. The normalized spacial score (nSPS) is 11.0. The molecule has 0 saturated heterocycles. The molecule has 22 heavy (non-hydrogen) atoms. The molecule has 0 aliphatic carbocycles. The minimum Gasteiger partial charge on any atom is -0.497 e. The van der Waals surface area contributed by atoms with Crippen LogP contribution >= 0.6 is 11.8 Å². The molecule has 3 aromatic rings. The molecular formula is C15H16N4O2S. The fraction of sp³-hybridized carbons (Fsp3) is 0.267. The van der Waals surface area contributed by atoms with E-state index in [-0.39, 0.29) is 6.61 Å². The Morgan fingerprint density at radius 3 is 2.68 bits per heavy atom. The number of hydrogen-bond donors (Lipinski definition) is 1. The van der Waals surface area contributed by atoms with Crippen LogP contribution in [0.15, 0.2) is 35.6 Å². The monoisotopic (exact) mass is 316 g/mol. The minimum atomic E-state index is -0.131. The smallest absolute Gasteiger partial charge is 0.189 e. The lowest BCUT2D eigenvalue weighted by atomic mass is 10.2. The average Bonchev–Trinajstić information content (AvgIpc) is 2.92. The lowest BCUT2D eigenvalue weighted by Crippen LogP contribution is -2.03. The van der Waals surface area contributed by atoms with Crippen LogP contribution in [0.4, 0.5) is 0 Å². The van der Waals surface area contributed by atoms with Crippen molar-refractivity contribution < 1.29 is 9.84 Å². The number of benzene rings is 1. The summed E-state index contributed by atoms with van der Waals surface area (Å²) in [6.45, 7) is 0.444. The SMILES string of the molecule is COc1ccc(Cn2nc(CO)c3cnc(SC)nc32)cc1. The maximum atomic E-state index is 9.46. The topological polar surface area (TPSA) is 73.1 Å². The molecule has 0 saturated carbocycles. The van der Waals surface area contributed by atoms with Gasteiger partial charge in [-0.15, -0.1) is 0 Å². The summed E-state index contributed by atoms with van der Waals surface area (Å²) in [5.74, 6) is 0.817. The number of aliphatic hydroxyl groups is 1. The van der Waals surface area contributed by atoms with Gasteiger partial charge in [0.05, 0.1) is 31.3 Å². The van der Waals surface area contributed by atoms with Crippen molar-refractivity contribution in [2.75, 3.05) is 13.4 Å². The van der Waals surface area contributed by atoms with Crippen molar-refractivity contribution in [2.24, 2.45) is 0 Å². The first kappa shape index (κ1) is 14.8. The summed E-state index contributed by atoms with van der Waals surface area (Å²) in [5.41, 5.74) is 2.41. The first-order valence-corrected chi connectivity index (χ1v) is 7.98. The second-order valence-electron chi connectivity index (χ2n) is 4.70. The summed E-state index contributed by atoms with van der Waals surface area (Å²) >= 11 is 1.48. The summed E-state index contributed by atoms with van der Waals surface area (Å²) in [7, 11) is 1.64. The second-order valence-corrected chi connectivity index (χ2v) is 5.48. The van der Waals surface area contributed by atoms with Crippen molar-refractivity contribution in [3.8, 4) is 5.75 Å². The minimum absolute atomic E-state index is 0.131. The Kier molecular flexibility index (Phi) is 4.26. The van der Waals surface area contributed by atoms with Gasteiger partial charge in [0.15, 0.2) is 10.8 Å². The van der Waals surface area contributed by atoms with E-state index in [0.717, 1.165) is 22.3 Å². The number of rotatable bonds is 5. The van der Waals surface area contributed by atoms with E-state index in [1.165, 1.54) is 11.8 Å². The molecular weight excluding hydrogens is 300 g/mol. The Labute approximate surface area is 132 Å². The van der Waals surface area contributed by atoms with Gasteiger partial charge in [-0.25, -0.2) is 14.6 Å². The molecule has 0 fully saturated rings. The predicted octanol–water partition coefficient (Wildman–Crippen LogP) is 2.10. The third-order valence-corrected chi connectivity index (χ3v) is 3.93. The molecule has 0 unspecified atom stereocenters. The highest BCUT2D eigenvalue weighted by molar-refractivity contribution is 7.98. The van der Waals surface area contributed by atoms with Crippen molar-refractivity contribution in [1.82, 2.24) is 19.7 Å². The fourth-order valence-electron chi connectivity index (χ4n) is 2.23. The maximum Gasteiger partial charge on any atom is 0.189 e. The summed E-state index contributed by atoms with van der Waals surface area (Å²) < 4.78 is 6.96. The number of fused-ring (bicyclic) bond motifs is 1. The molecule has 0 aliphatic heterocycles. The zero-order chi connectivity index (χ0) is 15.5. The third kappa shape index (κ3) is 2.77. The first-order valence-electron chi connectivity index (χ1n) is 6.75. The van der Waals surface area contributed by atoms with Gasteiger partial charge in [0.2, 0.25) is 0 Å². The summed E-state index contributed by atoms with van der Waals surface area (Å²) in [4.78, 5) is 8.76. The van der Waals surface area contributed by atoms with Crippen molar-refractivity contribution in [2.45, 2.75) is 18.3 Å². The Balaban J connectivity index is 2.01. The number of hydrogen-bond acceptors (Lipinski definition) is 6. The summed E-state index contributed by atoms with van der Waals surface area (Å²) in [6.07, 6.45) is 3.65. The Bertz CT molecular complexity index is 786. The maximum absolute atomic E-state index is 9.46. The summed E-state index contributed by atoms with van der Waals surface area (Å²) in [6, 6.07) is 7.80. The highest BCUT2D eigenvalue weighted by atomic mass is 32.2. The van der Waals surface area contributed by atoms with Crippen LogP contribution in [0, 0.1) is 0 Å². The van der Waals surface area contributed by atoms with Gasteiger partial charge < -0.3 is 9.84 Å². The molecule has 1 aromatic carbocycles. The number of methoxy groups -OCH3 is 1. The molecule has 2 heterocycles. The van der Waals surface area contributed by atoms with E-state index in [2.05, 4.69) is 15.1 Å². The molecule has 0 bridgehead atoms. The zero-order valence-electron chi connectivity index (χ0n) is 12.4. The quantitative estimate of drug-likeness (QED) is 0.574. The molecule has 6 nitrogen and oxygen atoms in total. The van der Waals surface area contributed by atoms with E-state index in [0.29, 0.717) is 17.4 Å². The van der Waals surface area contributed by atoms with Gasteiger partial charge in [-0.1, -0.05) is 23.9 Å². The van der Waals surface area contributed by atoms with Crippen LogP contribution in [-0.2, 0) is 13.2 Å². The van der Waals surface area contributed by atoms with E-state index in [1.807, 2.05) is 30.5 Å². The van der Waals surface area contributed by atoms with E-state index >= 15 is 0 Å². The van der Waals surface area contributed by atoms with Crippen molar-refractivity contribution >= 4 is 22.8 Å². The van der Waals surface area contributed by atoms with E-state index in [4.69, 9.17) is 4.74 Å². The molecule has 2 aromatic heterocycles. The number of ether oxygens (including phenoxy) is 1. The first-order chi connectivity index (χ1) is 10.7. The molecule has 0 spiro atoms. The van der Waals surface area contributed by atoms with Gasteiger partial charge in [-0.05, 0) is 24.0 Å². The highest BCUT2D eigenvalue weighted by Crippen LogP contribution is 2.20. The molecule has 0 radical (unpaired) electrons. The van der Waals surface area contributed by atoms with Crippen molar-refractivity contribution in [3.05, 3.63) is 41.7 Å². The van der Waals surface area contributed by atoms with Crippen LogP contribution in [0.2, 0.25) is 0 Å². The number of aromatic nitrogens is 4. The Morgan fingerprint density at radius 2 is 2.05 bits per heavy atom. The molecule has 114 valence electrons. The van der Waals surface area contributed by atoms with Gasteiger partial charge in [0.1, 0.15) is 5.75 Å². The van der Waals surface area contributed by atoms with Crippen LogP contribution < -0.4 is 4.74 Å². The van der Waals surface area contributed by atoms with Crippen LogP contribution in [0.3, 0.4) is 0 Å². The summed E-state index contributed by atoms with van der Waals surface area (Å²) in [5, 5.41) is 15.4. The van der Waals surface area contributed by atoms with Crippen LogP contribution in [0.5, 0.6) is 5.75 Å². The molecule has 0 atom stereocenters. The van der Waals surface area contributed by atoms with Gasteiger partial charge >= 0.3 is 0 Å². The van der Waals surface area contributed by atoms with E-state index < -0.39 is 0 Å². The van der Waals surface area contributed by atoms with Crippen LogP contribution in [0.25, 0.3) is 11.0 Å². The fourth-order valence-corrected chi connectivity index (χ4v) is 2.57.